The standard InChI is InChI=1S/C13H14N6O/c1-9(15-16-13(20)10-5-6-10)11-3-2-4-12(7-11)19-8-14-17-18-19/h2-4,7-8,10H,5-6H2,1H3,(H,16,20)/b15-9-. The summed E-state index contributed by atoms with van der Waals surface area (Å²) in [6.45, 7) is 1.85. The molecule has 1 fully saturated rings. The maximum absolute atomic E-state index is 11.5. The van der Waals surface area contributed by atoms with E-state index < -0.39 is 0 Å². The molecule has 7 nitrogen and oxygen atoms in total. The molecule has 102 valence electrons. The summed E-state index contributed by atoms with van der Waals surface area (Å²) < 4.78 is 1.57. The molecule has 1 N–H and O–H groups in total. The van der Waals surface area contributed by atoms with E-state index in [2.05, 4.69) is 26.1 Å². The smallest absolute Gasteiger partial charge is 0.243 e. The molecular weight excluding hydrogens is 256 g/mol. The van der Waals surface area contributed by atoms with Crippen LogP contribution in [0.4, 0.5) is 0 Å². The lowest BCUT2D eigenvalue weighted by Crippen LogP contribution is -2.20. The summed E-state index contributed by atoms with van der Waals surface area (Å²) in [7, 11) is 0. The molecule has 0 bridgehead atoms. The molecule has 0 atom stereocenters. The highest BCUT2D eigenvalue weighted by molar-refractivity contribution is 5.99. The Kier molecular flexibility index (Phi) is 3.24. The number of amides is 1. The summed E-state index contributed by atoms with van der Waals surface area (Å²) in [5, 5.41) is 15.2. The topological polar surface area (TPSA) is 85.1 Å². The number of nitrogens with zero attached hydrogens (tertiary/aromatic N) is 5. The number of hydrogen-bond acceptors (Lipinski definition) is 5. The third-order valence-corrected chi connectivity index (χ3v) is 3.16. The van der Waals surface area contributed by atoms with Crippen LogP contribution in [0, 0.1) is 5.92 Å². The molecule has 0 aliphatic heterocycles. The maximum Gasteiger partial charge on any atom is 0.243 e. The fourth-order valence-electron chi connectivity index (χ4n) is 1.79. The van der Waals surface area contributed by atoms with Crippen LogP contribution >= 0.6 is 0 Å². The Morgan fingerprint density at radius 1 is 1.45 bits per heavy atom. The first-order valence-electron chi connectivity index (χ1n) is 6.42. The van der Waals surface area contributed by atoms with Gasteiger partial charge >= 0.3 is 0 Å². The van der Waals surface area contributed by atoms with Crippen LogP contribution in [0.1, 0.15) is 25.3 Å². The first-order chi connectivity index (χ1) is 9.74. The van der Waals surface area contributed by atoms with Crippen LogP contribution in [0.15, 0.2) is 35.7 Å². The van der Waals surface area contributed by atoms with Crippen LogP contribution in [0.25, 0.3) is 5.69 Å². The minimum atomic E-state index is 0.000908. The number of rotatable bonds is 4. The van der Waals surface area contributed by atoms with Crippen molar-refractivity contribution >= 4 is 11.6 Å². The van der Waals surface area contributed by atoms with Crippen LogP contribution in [0.5, 0.6) is 0 Å². The molecule has 3 rings (SSSR count). The van der Waals surface area contributed by atoms with E-state index >= 15 is 0 Å². The molecule has 1 aromatic carbocycles. The number of carbonyl (C=O) groups is 1. The molecule has 1 saturated carbocycles. The number of benzene rings is 1. The van der Waals surface area contributed by atoms with Gasteiger partial charge < -0.3 is 0 Å². The molecular formula is C13H14N6O. The van der Waals surface area contributed by atoms with Gasteiger partial charge in [0.2, 0.25) is 5.91 Å². The predicted molar refractivity (Wildman–Crippen MR) is 72.2 cm³/mol. The van der Waals surface area contributed by atoms with E-state index in [4.69, 9.17) is 0 Å². The van der Waals surface area contributed by atoms with Crippen LogP contribution in [-0.4, -0.2) is 31.8 Å². The number of tetrazole rings is 1. The van der Waals surface area contributed by atoms with Gasteiger partial charge in [-0.15, -0.1) is 5.10 Å². The molecule has 0 saturated heterocycles. The van der Waals surface area contributed by atoms with Gasteiger partial charge in [-0.3, -0.25) is 4.79 Å². The van der Waals surface area contributed by atoms with Crippen molar-refractivity contribution in [1.82, 2.24) is 25.6 Å². The van der Waals surface area contributed by atoms with E-state index in [1.807, 2.05) is 31.2 Å². The zero-order valence-corrected chi connectivity index (χ0v) is 11.0. The number of hydrogen-bond donors (Lipinski definition) is 1. The molecule has 0 radical (unpaired) electrons. The van der Waals surface area contributed by atoms with Gasteiger partial charge in [0, 0.05) is 5.92 Å². The van der Waals surface area contributed by atoms with Crippen molar-refractivity contribution in [3.05, 3.63) is 36.2 Å². The number of aromatic nitrogens is 4. The normalized spacial score (nSPS) is 15.2. The van der Waals surface area contributed by atoms with Gasteiger partial charge in [0.25, 0.3) is 0 Å². The second-order valence-corrected chi connectivity index (χ2v) is 4.75. The van der Waals surface area contributed by atoms with Crippen molar-refractivity contribution in [2.45, 2.75) is 19.8 Å². The third kappa shape index (κ3) is 2.71. The fourth-order valence-corrected chi connectivity index (χ4v) is 1.79. The molecule has 20 heavy (non-hydrogen) atoms. The van der Waals surface area contributed by atoms with E-state index in [-0.39, 0.29) is 11.8 Å². The second kappa shape index (κ2) is 5.20. The van der Waals surface area contributed by atoms with E-state index in [9.17, 15) is 4.79 Å². The Bertz CT molecular complexity index is 645. The zero-order chi connectivity index (χ0) is 13.9. The van der Waals surface area contributed by atoms with Gasteiger partial charge in [-0.25, -0.2) is 10.1 Å². The molecule has 0 spiro atoms. The number of nitrogens with one attached hydrogen (secondary N) is 1. The van der Waals surface area contributed by atoms with Crippen LogP contribution < -0.4 is 5.43 Å². The number of hydrazone groups is 1. The summed E-state index contributed by atoms with van der Waals surface area (Å²) in [4.78, 5) is 11.5. The lowest BCUT2D eigenvalue weighted by Gasteiger charge is -2.05. The highest BCUT2D eigenvalue weighted by Gasteiger charge is 2.29. The molecule has 1 aliphatic carbocycles. The van der Waals surface area contributed by atoms with Crippen molar-refractivity contribution in [2.24, 2.45) is 11.0 Å². The van der Waals surface area contributed by atoms with Crippen LogP contribution in [-0.2, 0) is 4.79 Å². The Labute approximate surface area is 115 Å². The molecule has 1 aromatic heterocycles. The second-order valence-electron chi connectivity index (χ2n) is 4.75. The van der Waals surface area contributed by atoms with Gasteiger partial charge in [-0.2, -0.15) is 5.10 Å². The van der Waals surface area contributed by atoms with Crippen molar-refractivity contribution in [3.63, 3.8) is 0 Å². The Balaban J connectivity index is 1.77. The first-order valence-corrected chi connectivity index (χ1v) is 6.42. The highest BCUT2D eigenvalue weighted by Crippen LogP contribution is 2.28. The Hall–Kier alpha value is -2.57. The van der Waals surface area contributed by atoms with Gasteiger partial charge in [-0.05, 0) is 47.9 Å². The van der Waals surface area contributed by atoms with Crippen molar-refractivity contribution in [3.8, 4) is 5.69 Å². The SMILES string of the molecule is C/C(=N/NC(=O)C1CC1)c1cccc(-n2cnnn2)c1. The quantitative estimate of drug-likeness (QED) is 0.661. The molecule has 2 aromatic rings. The summed E-state index contributed by atoms with van der Waals surface area (Å²) in [6.07, 6.45) is 3.46. The van der Waals surface area contributed by atoms with Crippen molar-refractivity contribution in [2.75, 3.05) is 0 Å². The average Bonchev–Trinajstić information content (AvgIpc) is 3.19. The van der Waals surface area contributed by atoms with Gasteiger partial charge in [0.15, 0.2) is 0 Å². The maximum atomic E-state index is 11.5. The summed E-state index contributed by atoms with van der Waals surface area (Å²) in [6, 6.07) is 7.64. The largest absolute Gasteiger partial charge is 0.273 e. The summed E-state index contributed by atoms with van der Waals surface area (Å²) in [5.74, 6) is 0.153. The Morgan fingerprint density at radius 3 is 3.00 bits per heavy atom. The van der Waals surface area contributed by atoms with Crippen LogP contribution in [0.2, 0.25) is 0 Å². The lowest BCUT2D eigenvalue weighted by molar-refractivity contribution is -0.122. The minimum absolute atomic E-state index is 0.000908. The van der Waals surface area contributed by atoms with Crippen LogP contribution in [0.3, 0.4) is 0 Å². The molecule has 1 aliphatic rings. The van der Waals surface area contributed by atoms with Crippen molar-refractivity contribution < 1.29 is 4.79 Å². The van der Waals surface area contributed by atoms with Gasteiger partial charge in [0.05, 0.1) is 11.4 Å². The first kappa shape index (κ1) is 12.5. The highest BCUT2D eigenvalue weighted by atomic mass is 16.2. The zero-order valence-electron chi connectivity index (χ0n) is 11.0. The summed E-state index contributed by atoms with van der Waals surface area (Å²) in [5.41, 5.74) is 5.10. The molecule has 7 heteroatoms. The number of carbonyl (C=O) groups excluding carboxylic acids is 1. The van der Waals surface area contributed by atoms with E-state index in [1.54, 1.807) is 4.68 Å². The lowest BCUT2D eigenvalue weighted by atomic mass is 10.1. The summed E-state index contributed by atoms with van der Waals surface area (Å²) >= 11 is 0. The van der Waals surface area contributed by atoms with Gasteiger partial charge in [0.1, 0.15) is 6.33 Å². The Morgan fingerprint density at radius 2 is 2.30 bits per heavy atom. The monoisotopic (exact) mass is 270 g/mol. The molecule has 1 amide bonds. The molecule has 1 heterocycles. The third-order valence-electron chi connectivity index (χ3n) is 3.16. The molecule has 0 unspecified atom stereocenters. The van der Waals surface area contributed by atoms with E-state index in [1.165, 1.54) is 6.33 Å². The van der Waals surface area contributed by atoms with Crippen molar-refractivity contribution in [1.29, 1.82) is 0 Å². The fraction of sp³-hybridized carbons (Fsp3) is 0.308. The predicted octanol–water partition coefficient (Wildman–Crippen LogP) is 0.913. The van der Waals surface area contributed by atoms with Gasteiger partial charge in [-0.1, -0.05) is 12.1 Å². The van der Waals surface area contributed by atoms with E-state index in [0.717, 1.165) is 29.8 Å². The van der Waals surface area contributed by atoms with E-state index in [0.29, 0.717) is 0 Å². The average molecular weight is 270 g/mol. The minimum Gasteiger partial charge on any atom is -0.273 e.